The summed E-state index contributed by atoms with van der Waals surface area (Å²) in [6.07, 6.45) is 11.8. The van der Waals surface area contributed by atoms with Crippen LogP contribution >= 0.6 is 0 Å². The van der Waals surface area contributed by atoms with Crippen LogP contribution in [-0.2, 0) is 23.0 Å². The third-order valence-corrected chi connectivity index (χ3v) is 5.41. The lowest BCUT2D eigenvalue weighted by molar-refractivity contribution is -0.133. The van der Waals surface area contributed by atoms with Crippen molar-refractivity contribution in [3.8, 4) is 0 Å². The zero-order chi connectivity index (χ0) is 15.8. The third-order valence-electron chi connectivity index (χ3n) is 5.41. The van der Waals surface area contributed by atoms with Crippen molar-refractivity contribution < 1.29 is 9.53 Å². The van der Waals surface area contributed by atoms with Gasteiger partial charge in [-0.25, -0.2) is 0 Å². The lowest BCUT2D eigenvalue weighted by atomic mass is 10.0. The first-order chi connectivity index (χ1) is 11.2. The minimum absolute atomic E-state index is 0.184. The molecule has 5 nitrogen and oxygen atoms in total. The van der Waals surface area contributed by atoms with Crippen LogP contribution < -0.4 is 0 Å². The number of ether oxygens (including phenoxy) is 1. The predicted octanol–water partition coefficient (Wildman–Crippen LogP) is 2.16. The van der Waals surface area contributed by atoms with Crippen molar-refractivity contribution in [1.29, 1.82) is 0 Å². The molecule has 4 rings (SSSR count). The van der Waals surface area contributed by atoms with Gasteiger partial charge in [-0.3, -0.25) is 9.48 Å². The SMILES string of the molecule is Cn1cc(C[C@@H]2[C@H](OCC3CC3)CCN2C(=O)CC2CC2)cn1. The smallest absolute Gasteiger partial charge is 0.223 e. The molecule has 0 aromatic carbocycles. The number of hydrogen-bond acceptors (Lipinski definition) is 3. The van der Waals surface area contributed by atoms with Gasteiger partial charge in [-0.1, -0.05) is 0 Å². The molecule has 1 amide bonds. The Balaban J connectivity index is 1.43. The first-order valence-electron chi connectivity index (χ1n) is 9.07. The molecule has 23 heavy (non-hydrogen) atoms. The predicted molar refractivity (Wildman–Crippen MR) is 86.8 cm³/mol. The van der Waals surface area contributed by atoms with Crippen LogP contribution in [0.3, 0.4) is 0 Å². The molecule has 1 aromatic rings. The minimum atomic E-state index is 0.184. The summed E-state index contributed by atoms with van der Waals surface area (Å²) < 4.78 is 8.03. The maximum absolute atomic E-state index is 12.6. The molecule has 3 aliphatic rings. The number of aryl methyl sites for hydroxylation is 1. The largest absolute Gasteiger partial charge is 0.376 e. The van der Waals surface area contributed by atoms with E-state index in [2.05, 4.69) is 16.2 Å². The Hall–Kier alpha value is -1.36. The van der Waals surface area contributed by atoms with Crippen molar-refractivity contribution in [3.05, 3.63) is 18.0 Å². The van der Waals surface area contributed by atoms with Gasteiger partial charge in [0.05, 0.1) is 18.3 Å². The standard InChI is InChI=1S/C18H27N3O2/c1-20-11-15(10-19-20)8-16-17(23-12-14-4-5-14)6-7-21(16)18(22)9-13-2-3-13/h10-11,13-14,16-17H,2-9,12H2,1H3/t16-,17-/m1/s1. The Morgan fingerprint density at radius 2 is 2.04 bits per heavy atom. The van der Waals surface area contributed by atoms with Crippen molar-refractivity contribution >= 4 is 5.91 Å². The molecule has 2 saturated carbocycles. The van der Waals surface area contributed by atoms with Gasteiger partial charge >= 0.3 is 0 Å². The van der Waals surface area contributed by atoms with E-state index in [-0.39, 0.29) is 12.1 Å². The molecule has 0 unspecified atom stereocenters. The van der Waals surface area contributed by atoms with Crippen LogP contribution in [0.1, 0.15) is 44.1 Å². The summed E-state index contributed by atoms with van der Waals surface area (Å²) >= 11 is 0. The van der Waals surface area contributed by atoms with Crippen LogP contribution in [-0.4, -0.2) is 45.9 Å². The fraction of sp³-hybridized carbons (Fsp3) is 0.778. The zero-order valence-electron chi connectivity index (χ0n) is 14.0. The average molecular weight is 317 g/mol. The highest BCUT2D eigenvalue weighted by molar-refractivity contribution is 5.77. The third kappa shape index (κ3) is 3.77. The molecule has 2 atom stereocenters. The lowest BCUT2D eigenvalue weighted by Gasteiger charge is -2.28. The molecule has 1 saturated heterocycles. The van der Waals surface area contributed by atoms with Gasteiger partial charge in [-0.2, -0.15) is 5.10 Å². The van der Waals surface area contributed by atoms with E-state index >= 15 is 0 Å². The molecule has 0 spiro atoms. The van der Waals surface area contributed by atoms with Gasteiger partial charge in [0.15, 0.2) is 0 Å². The minimum Gasteiger partial charge on any atom is -0.376 e. The molecular weight excluding hydrogens is 290 g/mol. The number of aromatic nitrogens is 2. The number of rotatable bonds is 7. The van der Waals surface area contributed by atoms with Crippen molar-refractivity contribution in [2.75, 3.05) is 13.2 Å². The quantitative estimate of drug-likeness (QED) is 0.774. The second-order valence-electron chi connectivity index (χ2n) is 7.63. The second kappa shape index (κ2) is 6.27. The van der Waals surface area contributed by atoms with Crippen molar-refractivity contribution in [2.45, 2.75) is 57.1 Å². The Morgan fingerprint density at radius 1 is 1.26 bits per heavy atom. The van der Waals surface area contributed by atoms with E-state index < -0.39 is 0 Å². The molecule has 1 aliphatic heterocycles. The number of carbonyl (C=O) groups excluding carboxylic acids is 1. The van der Waals surface area contributed by atoms with E-state index in [0.717, 1.165) is 38.3 Å². The number of hydrogen-bond donors (Lipinski definition) is 0. The summed E-state index contributed by atoms with van der Waals surface area (Å²) in [6, 6.07) is 0.184. The van der Waals surface area contributed by atoms with Crippen LogP contribution in [0.2, 0.25) is 0 Å². The second-order valence-corrected chi connectivity index (χ2v) is 7.63. The van der Waals surface area contributed by atoms with Gasteiger partial charge in [0.1, 0.15) is 0 Å². The summed E-state index contributed by atoms with van der Waals surface area (Å²) in [5.41, 5.74) is 1.20. The van der Waals surface area contributed by atoms with Crippen LogP contribution in [0.4, 0.5) is 0 Å². The lowest BCUT2D eigenvalue weighted by Crippen LogP contribution is -2.42. The normalized spacial score (nSPS) is 27.6. The summed E-state index contributed by atoms with van der Waals surface area (Å²) in [6.45, 7) is 1.73. The molecule has 1 aromatic heterocycles. The van der Waals surface area contributed by atoms with Crippen molar-refractivity contribution in [2.24, 2.45) is 18.9 Å². The number of nitrogens with zero attached hydrogens (tertiary/aromatic N) is 3. The van der Waals surface area contributed by atoms with E-state index in [1.165, 1.54) is 31.2 Å². The molecule has 2 heterocycles. The Kier molecular flexibility index (Phi) is 4.14. The summed E-state index contributed by atoms with van der Waals surface area (Å²) in [5.74, 6) is 1.75. The highest BCUT2D eigenvalue weighted by atomic mass is 16.5. The molecule has 126 valence electrons. The summed E-state index contributed by atoms with van der Waals surface area (Å²) in [7, 11) is 1.94. The molecule has 2 aliphatic carbocycles. The van der Waals surface area contributed by atoms with E-state index in [9.17, 15) is 4.79 Å². The average Bonchev–Trinajstić information content (AvgIpc) is 3.44. The Labute approximate surface area is 138 Å². The van der Waals surface area contributed by atoms with Gasteiger partial charge in [-0.15, -0.1) is 0 Å². The Morgan fingerprint density at radius 3 is 2.70 bits per heavy atom. The zero-order valence-corrected chi connectivity index (χ0v) is 14.0. The number of carbonyl (C=O) groups is 1. The van der Waals surface area contributed by atoms with Gasteiger partial charge in [0, 0.05) is 32.8 Å². The van der Waals surface area contributed by atoms with Crippen LogP contribution in [0.15, 0.2) is 12.4 Å². The number of likely N-dealkylation sites (tertiary alicyclic amines) is 1. The van der Waals surface area contributed by atoms with Crippen LogP contribution in [0, 0.1) is 11.8 Å². The Bertz CT molecular complexity index is 562. The molecular formula is C18H27N3O2. The molecule has 3 fully saturated rings. The monoisotopic (exact) mass is 317 g/mol. The fourth-order valence-electron chi connectivity index (χ4n) is 3.62. The first-order valence-corrected chi connectivity index (χ1v) is 9.07. The molecule has 5 heteroatoms. The maximum atomic E-state index is 12.6. The highest BCUT2D eigenvalue weighted by Gasteiger charge is 2.40. The summed E-state index contributed by atoms with van der Waals surface area (Å²) in [5, 5.41) is 4.27. The van der Waals surface area contributed by atoms with E-state index in [1.807, 2.05) is 17.9 Å². The highest BCUT2D eigenvalue weighted by Crippen LogP contribution is 2.35. The fourth-order valence-corrected chi connectivity index (χ4v) is 3.62. The van der Waals surface area contributed by atoms with Gasteiger partial charge in [0.25, 0.3) is 0 Å². The van der Waals surface area contributed by atoms with Gasteiger partial charge in [0.2, 0.25) is 5.91 Å². The molecule has 0 radical (unpaired) electrons. The van der Waals surface area contributed by atoms with Crippen molar-refractivity contribution in [1.82, 2.24) is 14.7 Å². The molecule has 0 bridgehead atoms. The summed E-state index contributed by atoms with van der Waals surface area (Å²) in [4.78, 5) is 14.7. The first kappa shape index (κ1) is 15.2. The van der Waals surface area contributed by atoms with E-state index in [0.29, 0.717) is 11.8 Å². The van der Waals surface area contributed by atoms with Crippen LogP contribution in [0.5, 0.6) is 0 Å². The molecule has 0 N–H and O–H groups in total. The van der Waals surface area contributed by atoms with Crippen molar-refractivity contribution in [3.63, 3.8) is 0 Å². The van der Waals surface area contributed by atoms with Crippen LogP contribution in [0.25, 0.3) is 0 Å². The topological polar surface area (TPSA) is 47.4 Å². The number of amides is 1. The van der Waals surface area contributed by atoms with Gasteiger partial charge < -0.3 is 9.64 Å². The van der Waals surface area contributed by atoms with E-state index in [1.54, 1.807) is 0 Å². The van der Waals surface area contributed by atoms with Gasteiger partial charge in [-0.05, 0) is 55.9 Å². The van der Waals surface area contributed by atoms with E-state index in [4.69, 9.17) is 4.74 Å². The maximum Gasteiger partial charge on any atom is 0.223 e.